The zero-order chi connectivity index (χ0) is 12.4. The molecule has 1 N–H and O–H groups in total. The normalized spacial score (nSPS) is 13.7. The summed E-state index contributed by atoms with van der Waals surface area (Å²) in [5.41, 5.74) is 3.40. The first-order valence-corrected chi connectivity index (χ1v) is 7.42. The van der Waals surface area contributed by atoms with Crippen molar-refractivity contribution in [1.29, 1.82) is 0 Å². The van der Waals surface area contributed by atoms with E-state index < -0.39 is 0 Å². The van der Waals surface area contributed by atoms with Crippen LogP contribution >= 0.6 is 27.7 Å². The summed E-state index contributed by atoms with van der Waals surface area (Å²) in [5.74, 6) is 0.965. The molecule has 0 amide bonds. The van der Waals surface area contributed by atoms with Gasteiger partial charge < -0.3 is 5.32 Å². The number of fused-ring (bicyclic) bond motifs is 1. The Morgan fingerprint density at radius 3 is 2.72 bits per heavy atom. The first-order valence-electron chi connectivity index (χ1n) is 5.64. The molecule has 2 nitrogen and oxygen atoms in total. The molecular formula is C14H11BrN2S. The van der Waals surface area contributed by atoms with Crippen LogP contribution in [0.1, 0.15) is 5.56 Å². The van der Waals surface area contributed by atoms with Crippen molar-refractivity contribution in [3.8, 4) is 0 Å². The predicted octanol–water partition coefficient (Wildman–Crippen LogP) is 4.80. The van der Waals surface area contributed by atoms with Crippen LogP contribution in [0, 0.1) is 0 Å². The molecule has 1 heterocycles. The quantitative estimate of drug-likeness (QED) is 0.817. The third kappa shape index (κ3) is 2.44. The van der Waals surface area contributed by atoms with Crippen molar-refractivity contribution in [2.45, 2.75) is 5.75 Å². The minimum absolute atomic E-state index is 0.945. The molecule has 3 rings (SSSR count). The standard InChI is InChI=1S/C14H11BrN2S/c15-11-6-2-4-8-13(11)17-14-16-12-7-3-1-5-10(12)9-18-14/h1-8H,9H2,(H,16,17). The lowest BCUT2D eigenvalue weighted by Crippen LogP contribution is -2.11. The number of benzene rings is 2. The molecule has 0 aromatic heterocycles. The number of amidine groups is 1. The molecule has 0 saturated carbocycles. The molecule has 0 bridgehead atoms. The molecule has 2 aromatic carbocycles. The largest absolute Gasteiger partial charge is 0.334 e. The molecule has 0 atom stereocenters. The Labute approximate surface area is 119 Å². The van der Waals surface area contributed by atoms with Gasteiger partial charge in [0.15, 0.2) is 5.17 Å². The molecule has 0 aliphatic carbocycles. The van der Waals surface area contributed by atoms with Gasteiger partial charge in [0, 0.05) is 10.2 Å². The summed E-state index contributed by atoms with van der Waals surface area (Å²) < 4.78 is 1.05. The van der Waals surface area contributed by atoms with E-state index in [1.807, 2.05) is 30.3 Å². The molecule has 1 aliphatic rings. The maximum atomic E-state index is 4.63. The minimum atomic E-state index is 0.945. The van der Waals surface area contributed by atoms with Crippen LogP contribution in [0.4, 0.5) is 11.4 Å². The highest BCUT2D eigenvalue weighted by molar-refractivity contribution is 9.10. The molecule has 0 radical (unpaired) electrons. The molecule has 0 spiro atoms. The molecule has 4 heteroatoms. The van der Waals surface area contributed by atoms with Gasteiger partial charge in [-0.15, -0.1) is 0 Å². The van der Waals surface area contributed by atoms with Crippen molar-refractivity contribution in [2.24, 2.45) is 4.99 Å². The lowest BCUT2D eigenvalue weighted by molar-refractivity contribution is 1.35. The zero-order valence-electron chi connectivity index (χ0n) is 9.56. The Bertz CT molecular complexity index is 610. The van der Waals surface area contributed by atoms with Gasteiger partial charge in [-0.3, -0.25) is 0 Å². The van der Waals surface area contributed by atoms with Crippen LogP contribution in [0.2, 0.25) is 0 Å². The van der Waals surface area contributed by atoms with E-state index in [4.69, 9.17) is 0 Å². The highest BCUT2D eigenvalue weighted by Crippen LogP contribution is 2.32. The summed E-state index contributed by atoms with van der Waals surface area (Å²) in [4.78, 5) is 4.63. The van der Waals surface area contributed by atoms with E-state index in [9.17, 15) is 0 Å². The smallest absolute Gasteiger partial charge is 0.166 e. The van der Waals surface area contributed by atoms with Crippen molar-refractivity contribution in [2.75, 3.05) is 5.32 Å². The van der Waals surface area contributed by atoms with E-state index in [0.29, 0.717) is 0 Å². The van der Waals surface area contributed by atoms with Crippen LogP contribution < -0.4 is 5.32 Å². The van der Waals surface area contributed by atoms with Gasteiger partial charge in [0.1, 0.15) is 0 Å². The Morgan fingerprint density at radius 2 is 1.83 bits per heavy atom. The van der Waals surface area contributed by atoms with E-state index in [0.717, 1.165) is 26.8 Å². The SMILES string of the molecule is Brc1ccccc1NC1=Nc2ccccc2CS1. The number of anilines is 1. The number of thioether (sulfide) groups is 1. The fraction of sp³-hybridized carbons (Fsp3) is 0.0714. The third-order valence-corrected chi connectivity index (χ3v) is 4.31. The number of halogens is 1. The summed E-state index contributed by atoms with van der Waals surface area (Å²) in [6.45, 7) is 0. The lowest BCUT2D eigenvalue weighted by Gasteiger charge is -2.16. The van der Waals surface area contributed by atoms with Crippen LogP contribution in [0.15, 0.2) is 58.0 Å². The first-order chi connectivity index (χ1) is 8.83. The van der Waals surface area contributed by atoms with Crippen LogP contribution in [0.25, 0.3) is 0 Å². The number of para-hydroxylation sites is 2. The summed E-state index contributed by atoms with van der Waals surface area (Å²) in [6.07, 6.45) is 0. The van der Waals surface area contributed by atoms with Crippen LogP contribution in [-0.4, -0.2) is 5.17 Å². The van der Waals surface area contributed by atoms with Crippen molar-refractivity contribution in [3.63, 3.8) is 0 Å². The second-order valence-corrected chi connectivity index (χ2v) is 5.76. The van der Waals surface area contributed by atoms with E-state index in [2.05, 4.69) is 44.4 Å². The van der Waals surface area contributed by atoms with Gasteiger partial charge in [0.2, 0.25) is 0 Å². The van der Waals surface area contributed by atoms with Gasteiger partial charge in [-0.25, -0.2) is 4.99 Å². The predicted molar refractivity (Wildman–Crippen MR) is 82.6 cm³/mol. The highest BCUT2D eigenvalue weighted by atomic mass is 79.9. The second-order valence-electron chi connectivity index (χ2n) is 3.94. The van der Waals surface area contributed by atoms with Crippen molar-refractivity contribution >= 4 is 44.2 Å². The number of hydrogen-bond acceptors (Lipinski definition) is 3. The topological polar surface area (TPSA) is 24.4 Å². The molecule has 0 fully saturated rings. The Hall–Kier alpha value is -1.26. The van der Waals surface area contributed by atoms with Gasteiger partial charge in [0.25, 0.3) is 0 Å². The van der Waals surface area contributed by atoms with Gasteiger partial charge in [0.05, 0.1) is 11.4 Å². The van der Waals surface area contributed by atoms with Gasteiger partial charge in [-0.2, -0.15) is 0 Å². The summed E-state index contributed by atoms with van der Waals surface area (Å²) in [7, 11) is 0. The van der Waals surface area contributed by atoms with Gasteiger partial charge in [-0.1, -0.05) is 42.1 Å². The molecule has 0 saturated heterocycles. The Balaban J connectivity index is 1.88. The molecule has 1 aliphatic heterocycles. The fourth-order valence-corrected chi connectivity index (χ4v) is 3.04. The summed E-state index contributed by atoms with van der Waals surface area (Å²) in [6, 6.07) is 16.3. The average molecular weight is 319 g/mol. The lowest BCUT2D eigenvalue weighted by atomic mass is 10.2. The molecule has 0 unspecified atom stereocenters. The maximum Gasteiger partial charge on any atom is 0.166 e. The van der Waals surface area contributed by atoms with Crippen LogP contribution in [0.3, 0.4) is 0 Å². The fourth-order valence-electron chi connectivity index (χ4n) is 1.77. The van der Waals surface area contributed by atoms with Gasteiger partial charge >= 0.3 is 0 Å². The average Bonchev–Trinajstić information content (AvgIpc) is 2.41. The van der Waals surface area contributed by atoms with E-state index in [-0.39, 0.29) is 0 Å². The Kier molecular flexibility index (Phi) is 3.39. The number of nitrogens with zero attached hydrogens (tertiary/aromatic N) is 1. The van der Waals surface area contributed by atoms with E-state index in [1.165, 1.54) is 5.56 Å². The molecular weight excluding hydrogens is 308 g/mol. The van der Waals surface area contributed by atoms with Crippen molar-refractivity contribution < 1.29 is 0 Å². The van der Waals surface area contributed by atoms with Crippen LogP contribution in [0.5, 0.6) is 0 Å². The highest BCUT2D eigenvalue weighted by Gasteiger charge is 2.12. The number of nitrogens with one attached hydrogen (secondary N) is 1. The maximum absolute atomic E-state index is 4.63. The summed E-state index contributed by atoms with van der Waals surface area (Å²) >= 11 is 5.26. The zero-order valence-corrected chi connectivity index (χ0v) is 12.0. The third-order valence-electron chi connectivity index (χ3n) is 2.69. The van der Waals surface area contributed by atoms with E-state index in [1.54, 1.807) is 11.8 Å². The van der Waals surface area contributed by atoms with Gasteiger partial charge in [-0.05, 0) is 39.7 Å². The monoisotopic (exact) mass is 318 g/mol. The van der Waals surface area contributed by atoms with Crippen molar-refractivity contribution in [3.05, 3.63) is 58.6 Å². The van der Waals surface area contributed by atoms with Crippen molar-refractivity contribution in [1.82, 2.24) is 0 Å². The summed E-state index contributed by atoms with van der Waals surface area (Å²) in [5, 5.41) is 4.30. The number of aliphatic imine (C=N–C) groups is 1. The first kappa shape index (κ1) is 11.8. The Morgan fingerprint density at radius 1 is 1.06 bits per heavy atom. The van der Waals surface area contributed by atoms with E-state index >= 15 is 0 Å². The van der Waals surface area contributed by atoms with Crippen LogP contribution in [-0.2, 0) is 5.75 Å². The molecule has 18 heavy (non-hydrogen) atoms. The minimum Gasteiger partial charge on any atom is -0.334 e. The molecule has 2 aromatic rings. The molecule has 90 valence electrons. The second kappa shape index (κ2) is 5.16. The number of rotatable bonds is 1. The number of hydrogen-bond donors (Lipinski definition) is 1.